The van der Waals surface area contributed by atoms with Crippen LogP contribution < -0.4 is 20.2 Å². The lowest BCUT2D eigenvalue weighted by Crippen LogP contribution is -2.29. The number of nitrogens with zero attached hydrogens (tertiary/aromatic N) is 5. The Labute approximate surface area is 265 Å². The van der Waals surface area contributed by atoms with Crippen molar-refractivity contribution >= 4 is 34.5 Å². The molecule has 45 heavy (non-hydrogen) atoms. The van der Waals surface area contributed by atoms with Gasteiger partial charge in [0, 0.05) is 29.9 Å². The van der Waals surface area contributed by atoms with Gasteiger partial charge in [0.05, 0.1) is 25.0 Å². The third-order valence-electron chi connectivity index (χ3n) is 7.90. The number of benzene rings is 2. The average Bonchev–Trinajstić information content (AvgIpc) is 3.06. The van der Waals surface area contributed by atoms with Crippen molar-refractivity contribution in [2.45, 2.75) is 39.7 Å². The molecule has 1 amide bonds. The van der Waals surface area contributed by atoms with Gasteiger partial charge in [0.2, 0.25) is 11.4 Å². The number of hydrogen-bond donors (Lipinski definition) is 1. The normalized spacial score (nSPS) is 13.5. The molecule has 0 saturated carbocycles. The molecule has 5 aromatic rings. The second-order valence-electron chi connectivity index (χ2n) is 11.0. The molecule has 6 rings (SSSR count). The largest absolute Gasteiger partial charge is 0.496 e. The molecule has 1 aliphatic rings. The summed E-state index contributed by atoms with van der Waals surface area (Å²) < 4.78 is 13.4. The number of nitrogens with one attached hydrogen (secondary N) is 1. The molecule has 0 radical (unpaired) electrons. The van der Waals surface area contributed by atoms with E-state index < -0.39 is 11.3 Å². The fourth-order valence-electron chi connectivity index (χ4n) is 5.38. The fourth-order valence-corrected chi connectivity index (χ4v) is 6.58. The Kier molecular flexibility index (Phi) is 9.06. The maximum absolute atomic E-state index is 13.6. The number of hydrogen-bond acceptors (Lipinski definition) is 9. The number of pyridine rings is 1. The molecule has 10 nitrogen and oxygen atoms in total. The predicted octanol–water partition coefficient (Wildman–Crippen LogP) is 6.32. The van der Waals surface area contributed by atoms with E-state index in [1.54, 1.807) is 30.3 Å². The number of thioether (sulfide) groups is 1. The monoisotopic (exact) mass is 622 g/mol. The third kappa shape index (κ3) is 6.83. The highest BCUT2D eigenvalue weighted by Gasteiger charge is 2.21. The number of carbonyl (C=O) groups is 1. The van der Waals surface area contributed by atoms with Crippen LogP contribution in [0.2, 0.25) is 0 Å². The van der Waals surface area contributed by atoms with E-state index in [1.807, 2.05) is 55.1 Å². The van der Waals surface area contributed by atoms with Gasteiger partial charge >= 0.3 is 0 Å². The van der Waals surface area contributed by atoms with Crippen molar-refractivity contribution in [1.29, 1.82) is 0 Å². The molecule has 1 saturated heterocycles. The Hall–Kier alpha value is -4.77. The summed E-state index contributed by atoms with van der Waals surface area (Å²) in [5.74, 6) is 3.69. The van der Waals surface area contributed by atoms with Gasteiger partial charge in [-0.3, -0.25) is 24.6 Å². The second-order valence-corrected chi connectivity index (χ2v) is 12.2. The summed E-state index contributed by atoms with van der Waals surface area (Å²) in [6.07, 6.45) is 9.32. The highest BCUT2D eigenvalue weighted by atomic mass is 32.2. The van der Waals surface area contributed by atoms with E-state index in [9.17, 15) is 9.59 Å². The zero-order chi connectivity index (χ0) is 31.3. The van der Waals surface area contributed by atoms with Crippen molar-refractivity contribution in [1.82, 2.24) is 24.7 Å². The Morgan fingerprint density at radius 2 is 1.80 bits per heavy atom. The van der Waals surface area contributed by atoms with Gasteiger partial charge in [0.15, 0.2) is 11.4 Å². The van der Waals surface area contributed by atoms with E-state index >= 15 is 0 Å². The second kappa shape index (κ2) is 13.5. The minimum absolute atomic E-state index is 0.0268. The maximum Gasteiger partial charge on any atom is 0.282 e. The Morgan fingerprint density at radius 3 is 2.51 bits per heavy atom. The number of amides is 1. The molecule has 11 heteroatoms. The standard InChI is InChI=1S/C34H34N6O4S/c1-4-23-15-28-26(16-30(23)43-3)29(9-12-35-28)44-25-17-36-34(37-18-25)38-33(42)31-32(41)27(24-7-5-21(2)6-8-24)20-40(39-31)19-22-10-13-45-14-11-22/h5-9,12,15-18,20,22H,4,10-11,13-14,19H2,1-3H3,(H,36,37,38,42). The smallest absolute Gasteiger partial charge is 0.282 e. The van der Waals surface area contributed by atoms with Crippen LogP contribution >= 0.6 is 11.8 Å². The zero-order valence-electron chi connectivity index (χ0n) is 25.4. The molecule has 1 aliphatic heterocycles. The van der Waals surface area contributed by atoms with Crippen molar-refractivity contribution in [2.75, 3.05) is 23.9 Å². The quantitative estimate of drug-likeness (QED) is 0.201. The molecule has 0 bridgehead atoms. The van der Waals surface area contributed by atoms with E-state index in [-0.39, 0.29) is 11.6 Å². The number of aryl methyl sites for hydroxylation is 2. The van der Waals surface area contributed by atoms with Crippen molar-refractivity contribution < 1.29 is 14.3 Å². The van der Waals surface area contributed by atoms with Crippen LogP contribution in [0.25, 0.3) is 22.0 Å². The van der Waals surface area contributed by atoms with E-state index in [0.29, 0.717) is 29.5 Å². The maximum atomic E-state index is 13.6. The first-order chi connectivity index (χ1) is 21.9. The van der Waals surface area contributed by atoms with Gasteiger partial charge in [-0.05, 0) is 72.9 Å². The molecule has 0 spiro atoms. The Bertz CT molecular complexity index is 1890. The number of carbonyl (C=O) groups excluding carboxylic acids is 1. The van der Waals surface area contributed by atoms with E-state index in [1.165, 1.54) is 12.4 Å². The van der Waals surface area contributed by atoms with Crippen LogP contribution in [0.3, 0.4) is 0 Å². The SMILES string of the molecule is CCc1cc2nccc(Oc3cnc(NC(=O)c4nn(CC5CCSCC5)cc(-c5ccc(C)cc5)c4=O)nc3)c2cc1OC. The number of ether oxygens (including phenoxy) is 2. The molecule has 4 heterocycles. The van der Waals surface area contributed by atoms with Crippen molar-refractivity contribution in [3.63, 3.8) is 0 Å². The number of aromatic nitrogens is 5. The minimum Gasteiger partial charge on any atom is -0.496 e. The van der Waals surface area contributed by atoms with Gasteiger partial charge < -0.3 is 9.47 Å². The zero-order valence-corrected chi connectivity index (χ0v) is 26.3. The number of fused-ring (bicyclic) bond motifs is 1. The van der Waals surface area contributed by atoms with Crippen LogP contribution in [0.1, 0.15) is 41.4 Å². The molecular weight excluding hydrogens is 588 g/mol. The summed E-state index contributed by atoms with van der Waals surface area (Å²) in [4.78, 5) is 40.0. The molecule has 1 fully saturated rings. The number of rotatable bonds is 9. The summed E-state index contributed by atoms with van der Waals surface area (Å²) in [5.41, 5.74) is 3.43. The van der Waals surface area contributed by atoms with Crippen molar-refractivity contribution in [3.05, 3.63) is 94.3 Å². The highest BCUT2D eigenvalue weighted by molar-refractivity contribution is 7.99. The van der Waals surface area contributed by atoms with Gasteiger partial charge in [0.1, 0.15) is 11.5 Å². The molecule has 230 valence electrons. The number of methoxy groups -OCH3 is 1. The van der Waals surface area contributed by atoms with Gasteiger partial charge in [-0.2, -0.15) is 16.9 Å². The molecule has 3 aromatic heterocycles. The summed E-state index contributed by atoms with van der Waals surface area (Å²) >= 11 is 1.95. The summed E-state index contributed by atoms with van der Waals surface area (Å²) in [7, 11) is 1.64. The van der Waals surface area contributed by atoms with Gasteiger partial charge in [0.25, 0.3) is 5.91 Å². The topological polar surface area (TPSA) is 121 Å². The lowest BCUT2D eigenvalue weighted by Gasteiger charge is -2.22. The first kappa shape index (κ1) is 30.3. The summed E-state index contributed by atoms with van der Waals surface area (Å²) in [6, 6.07) is 13.3. The Morgan fingerprint density at radius 1 is 1.04 bits per heavy atom. The van der Waals surface area contributed by atoms with Crippen molar-refractivity contribution in [2.24, 2.45) is 5.92 Å². The molecular formula is C34H34N6O4S. The van der Waals surface area contributed by atoms with E-state index in [2.05, 4.69) is 32.3 Å². The lowest BCUT2D eigenvalue weighted by atomic mass is 10.0. The highest BCUT2D eigenvalue weighted by Crippen LogP contribution is 2.33. The lowest BCUT2D eigenvalue weighted by molar-refractivity contribution is 0.101. The average molecular weight is 623 g/mol. The molecule has 0 unspecified atom stereocenters. The number of anilines is 1. The van der Waals surface area contributed by atoms with Gasteiger partial charge in [-0.15, -0.1) is 0 Å². The molecule has 0 atom stereocenters. The van der Waals surface area contributed by atoms with Crippen LogP contribution in [0.15, 0.2) is 72.0 Å². The van der Waals surface area contributed by atoms with Crippen LogP contribution in [0.5, 0.6) is 17.2 Å². The first-order valence-electron chi connectivity index (χ1n) is 14.9. The molecule has 1 N–H and O–H groups in total. The molecule has 0 aliphatic carbocycles. The van der Waals surface area contributed by atoms with Crippen LogP contribution in [-0.2, 0) is 13.0 Å². The van der Waals surface area contributed by atoms with Crippen LogP contribution in [-0.4, -0.2) is 49.3 Å². The minimum atomic E-state index is -0.672. The van der Waals surface area contributed by atoms with E-state index in [0.717, 1.165) is 64.1 Å². The van der Waals surface area contributed by atoms with E-state index in [4.69, 9.17) is 9.47 Å². The summed E-state index contributed by atoms with van der Waals surface area (Å²) in [6.45, 7) is 4.69. The van der Waals surface area contributed by atoms with Gasteiger partial charge in [-0.25, -0.2) is 9.97 Å². The van der Waals surface area contributed by atoms with Crippen molar-refractivity contribution in [3.8, 4) is 28.4 Å². The predicted molar refractivity (Wildman–Crippen MR) is 176 cm³/mol. The van der Waals surface area contributed by atoms with Gasteiger partial charge in [-0.1, -0.05) is 36.8 Å². The van der Waals surface area contributed by atoms with Crippen LogP contribution in [0, 0.1) is 12.8 Å². The first-order valence-corrected chi connectivity index (χ1v) is 16.1. The third-order valence-corrected chi connectivity index (χ3v) is 8.94. The fraction of sp³-hybridized carbons (Fsp3) is 0.294. The Balaban J connectivity index is 1.24. The summed E-state index contributed by atoms with van der Waals surface area (Å²) in [5, 5.41) is 7.91. The molecule has 2 aromatic carbocycles. The van der Waals surface area contributed by atoms with Crippen LogP contribution in [0.4, 0.5) is 5.95 Å².